The fourth-order valence-corrected chi connectivity index (χ4v) is 3.57. The zero-order chi connectivity index (χ0) is 13.0. The van der Waals surface area contributed by atoms with E-state index in [-0.39, 0.29) is 24.1 Å². The van der Waals surface area contributed by atoms with E-state index in [2.05, 4.69) is 10.6 Å². The molecule has 1 saturated heterocycles. The van der Waals surface area contributed by atoms with Crippen molar-refractivity contribution in [3.05, 3.63) is 0 Å². The zero-order valence-electron chi connectivity index (χ0n) is 10.9. The Balaban J connectivity index is 0.00000180. The average Bonchev–Trinajstić information content (AvgIpc) is 3.05. The fraction of sp³-hybridized carbons (Fsp3) is 0.909. The Morgan fingerprint density at radius 1 is 1.32 bits per heavy atom. The van der Waals surface area contributed by atoms with Gasteiger partial charge < -0.3 is 10.6 Å². The van der Waals surface area contributed by atoms with E-state index in [1.165, 1.54) is 17.1 Å². The summed E-state index contributed by atoms with van der Waals surface area (Å²) in [7, 11) is -3.04. The van der Waals surface area contributed by atoms with Crippen LogP contribution in [0.4, 0.5) is 0 Å². The highest BCUT2D eigenvalue weighted by Crippen LogP contribution is 2.27. The molecule has 1 aliphatic carbocycles. The summed E-state index contributed by atoms with van der Waals surface area (Å²) in [6, 6.07) is 0. The molecule has 0 unspecified atom stereocenters. The molecule has 112 valence electrons. The van der Waals surface area contributed by atoms with Crippen molar-refractivity contribution in [3.63, 3.8) is 0 Å². The van der Waals surface area contributed by atoms with Crippen LogP contribution in [-0.4, -0.2) is 57.1 Å². The van der Waals surface area contributed by atoms with Crippen molar-refractivity contribution >= 4 is 28.3 Å². The van der Waals surface area contributed by atoms with Gasteiger partial charge in [-0.2, -0.15) is 0 Å². The smallest absolute Gasteiger partial charge is 0.234 e. The number of sulfonamides is 1. The Kier molecular flexibility index (Phi) is 6.52. The van der Waals surface area contributed by atoms with Gasteiger partial charge in [-0.25, -0.2) is 12.7 Å². The van der Waals surface area contributed by atoms with Crippen LogP contribution in [0.2, 0.25) is 0 Å². The number of rotatable bonds is 7. The molecule has 8 heteroatoms. The van der Waals surface area contributed by atoms with Gasteiger partial charge in [0.1, 0.15) is 0 Å². The first kappa shape index (κ1) is 16.7. The summed E-state index contributed by atoms with van der Waals surface area (Å²) in [5.74, 6) is 0.934. The highest BCUT2D eigenvalue weighted by Gasteiger charge is 2.27. The average molecular weight is 312 g/mol. The largest absolute Gasteiger partial charge is 0.354 e. The minimum absolute atomic E-state index is 0. The molecule has 2 N–H and O–H groups in total. The number of carbonyl (C=O) groups is 1. The van der Waals surface area contributed by atoms with Crippen LogP contribution < -0.4 is 10.6 Å². The van der Waals surface area contributed by atoms with E-state index >= 15 is 0 Å². The van der Waals surface area contributed by atoms with Crippen molar-refractivity contribution in [1.29, 1.82) is 0 Å². The van der Waals surface area contributed by atoms with Crippen LogP contribution in [0.15, 0.2) is 0 Å². The normalized spacial score (nSPS) is 21.9. The molecule has 1 aliphatic heterocycles. The van der Waals surface area contributed by atoms with E-state index in [0.717, 1.165) is 12.5 Å². The van der Waals surface area contributed by atoms with Crippen molar-refractivity contribution in [2.24, 2.45) is 5.92 Å². The van der Waals surface area contributed by atoms with Gasteiger partial charge in [0.25, 0.3) is 0 Å². The lowest BCUT2D eigenvalue weighted by Gasteiger charge is -2.14. The van der Waals surface area contributed by atoms with Gasteiger partial charge in [0.05, 0.1) is 12.3 Å². The zero-order valence-corrected chi connectivity index (χ0v) is 12.6. The highest BCUT2D eigenvalue weighted by molar-refractivity contribution is 7.89. The van der Waals surface area contributed by atoms with E-state index in [9.17, 15) is 13.2 Å². The molecule has 0 aromatic heterocycles. The third kappa shape index (κ3) is 5.64. The number of carbonyl (C=O) groups excluding carboxylic acids is 1. The van der Waals surface area contributed by atoms with Gasteiger partial charge in [-0.05, 0) is 31.7 Å². The minimum atomic E-state index is -3.04. The molecule has 0 atom stereocenters. The standard InChI is InChI=1S/C11H21N3O3S.ClH/c15-11(9-12-8-10-2-3-10)13-4-6-14-5-1-7-18(14,16)17;/h10,12H,1-9H2,(H,13,15);1H. The lowest BCUT2D eigenvalue weighted by molar-refractivity contribution is -0.120. The second-order valence-electron chi connectivity index (χ2n) is 4.99. The summed E-state index contributed by atoms with van der Waals surface area (Å²) >= 11 is 0. The number of hydrogen-bond donors (Lipinski definition) is 2. The van der Waals surface area contributed by atoms with Gasteiger partial charge in [0.2, 0.25) is 15.9 Å². The number of hydrogen-bond acceptors (Lipinski definition) is 4. The number of amides is 1. The Morgan fingerprint density at radius 3 is 2.63 bits per heavy atom. The van der Waals surface area contributed by atoms with E-state index in [1.54, 1.807) is 0 Å². The van der Waals surface area contributed by atoms with Crippen LogP contribution >= 0.6 is 12.4 Å². The Labute approximate surface area is 120 Å². The second kappa shape index (κ2) is 7.42. The Bertz CT molecular complexity index is 398. The third-order valence-electron chi connectivity index (χ3n) is 3.30. The summed E-state index contributed by atoms with van der Waals surface area (Å²) in [6.45, 7) is 2.59. The quantitative estimate of drug-likeness (QED) is 0.668. The molecule has 2 fully saturated rings. The minimum Gasteiger partial charge on any atom is -0.354 e. The molecule has 19 heavy (non-hydrogen) atoms. The molecule has 0 radical (unpaired) electrons. The summed E-state index contributed by atoms with van der Waals surface area (Å²) in [4.78, 5) is 11.4. The topological polar surface area (TPSA) is 78.5 Å². The fourth-order valence-electron chi connectivity index (χ4n) is 2.04. The lowest BCUT2D eigenvalue weighted by atomic mass is 10.4. The van der Waals surface area contributed by atoms with Crippen molar-refractivity contribution < 1.29 is 13.2 Å². The molecular weight excluding hydrogens is 290 g/mol. The van der Waals surface area contributed by atoms with E-state index in [4.69, 9.17) is 0 Å². The van der Waals surface area contributed by atoms with Crippen molar-refractivity contribution in [2.45, 2.75) is 19.3 Å². The van der Waals surface area contributed by atoms with E-state index < -0.39 is 10.0 Å². The molecule has 2 rings (SSSR count). The van der Waals surface area contributed by atoms with Crippen LogP contribution in [0.25, 0.3) is 0 Å². The molecule has 2 aliphatic rings. The van der Waals surface area contributed by atoms with Crippen LogP contribution in [-0.2, 0) is 14.8 Å². The predicted octanol–water partition coefficient (Wildman–Crippen LogP) is -0.440. The maximum atomic E-state index is 11.5. The van der Waals surface area contributed by atoms with Gasteiger partial charge in [0.15, 0.2) is 0 Å². The highest BCUT2D eigenvalue weighted by atomic mass is 35.5. The van der Waals surface area contributed by atoms with E-state index in [0.29, 0.717) is 32.6 Å². The Hall–Kier alpha value is -0.370. The third-order valence-corrected chi connectivity index (χ3v) is 5.26. The second-order valence-corrected chi connectivity index (χ2v) is 7.08. The summed E-state index contributed by atoms with van der Waals surface area (Å²) < 4.78 is 24.4. The first-order valence-corrected chi connectivity index (χ1v) is 8.14. The molecular formula is C11H22ClN3O3S. The van der Waals surface area contributed by atoms with E-state index in [1.807, 2.05) is 0 Å². The maximum absolute atomic E-state index is 11.5. The monoisotopic (exact) mass is 311 g/mol. The van der Waals surface area contributed by atoms with Gasteiger partial charge >= 0.3 is 0 Å². The molecule has 0 bridgehead atoms. The van der Waals surface area contributed by atoms with Crippen molar-refractivity contribution in [3.8, 4) is 0 Å². The lowest BCUT2D eigenvalue weighted by Crippen LogP contribution is -2.39. The van der Waals surface area contributed by atoms with Gasteiger partial charge in [-0.1, -0.05) is 0 Å². The van der Waals surface area contributed by atoms with Gasteiger partial charge in [0, 0.05) is 19.6 Å². The molecule has 0 aromatic rings. The Morgan fingerprint density at radius 2 is 2.05 bits per heavy atom. The summed E-state index contributed by atoms with van der Waals surface area (Å²) in [5.41, 5.74) is 0. The number of nitrogens with one attached hydrogen (secondary N) is 2. The summed E-state index contributed by atoms with van der Waals surface area (Å²) in [6.07, 6.45) is 3.22. The van der Waals surface area contributed by atoms with Crippen molar-refractivity contribution in [1.82, 2.24) is 14.9 Å². The first-order chi connectivity index (χ1) is 8.58. The molecule has 0 aromatic carbocycles. The molecule has 0 spiro atoms. The number of halogens is 1. The van der Waals surface area contributed by atoms with Crippen LogP contribution in [0.5, 0.6) is 0 Å². The van der Waals surface area contributed by atoms with Gasteiger partial charge in [-0.3, -0.25) is 4.79 Å². The molecule has 6 nitrogen and oxygen atoms in total. The SMILES string of the molecule is Cl.O=C(CNCC1CC1)NCCN1CCCS1(=O)=O. The van der Waals surface area contributed by atoms with Crippen molar-refractivity contribution in [2.75, 3.05) is 38.5 Å². The van der Waals surface area contributed by atoms with Crippen LogP contribution in [0.1, 0.15) is 19.3 Å². The van der Waals surface area contributed by atoms with Gasteiger partial charge in [-0.15, -0.1) is 12.4 Å². The predicted molar refractivity (Wildman–Crippen MR) is 75.8 cm³/mol. The van der Waals surface area contributed by atoms with Crippen LogP contribution in [0, 0.1) is 5.92 Å². The summed E-state index contributed by atoms with van der Waals surface area (Å²) in [5, 5.41) is 5.83. The first-order valence-electron chi connectivity index (χ1n) is 6.53. The molecule has 1 saturated carbocycles. The maximum Gasteiger partial charge on any atom is 0.234 e. The van der Waals surface area contributed by atoms with Crippen LogP contribution in [0.3, 0.4) is 0 Å². The molecule has 1 heterocycles. The number of nitrogens with zero attached hydrogens (tertiary/aromatic N) is 1. The molecule has 1 amide bonds.